The molecular formula is C27H24N6OS. The van der Waals surface area contributed by atoms with Crippen LogP contribution in [0.4, 0.5) is 5.13 Å². The largest absolute Gasteiger partial charge is 0.344 e. The maximum atomic E-state index is 13.7. The minimum Gasteiger partial charge on any atom is -0.344 e. The molecule has 1 aliphatic rings. The molecule has 0 spiro atoms. The molecular weight excluding hydrogens is 456 g/mol. The van der Waals surface area contributed by atoms with Gasteiger partial charge in [0.1, 0.15) is 16.0 Å². The zero-order chi connectivity index (χ0) is 23.6. The predicted octanol–water partition coefficient (Wildman–Crippen LogP) is 4.57. The van der Waals surface area contributed by atoms with E-state index in [4.69, 9.17) is 10.1 Å². The molecule has 0 N–H and O–H groups in total. The number of hydrogen-bond donors (Lipinski definition) is 0. The van der Waals surface area contributed by atoms with Crippen LogP contribution in [0.2, 0.25) is 0 Å². The maximum Gasteiger partial charge on any atom is 0.257 e. The molecule has 7 nitrogen and oxygen atoms in total. The van der Waals surface area contributed by atoms with Crippen molar-refractivity contribution in [2.24, 2.45) is 0 Å². The predicted molar refractivity (Wildman–Crippen MR) is 139 cm³/mol. The number of thiazole rings is 1. The van der Waals surface area contributed by atoms with Gasteiger partial charge >= 0.3 is 0 Å². The van der Waals surface area contributed by atoms with E-state index in [1.54, 1.807) is 17.5 Å². The van der Waals surface area contributed by atoms with Gasteiger partial charge in [-0.25, -0.2) is 9.97 Å². The smallest absolute Gasteiger partial charge is 0.257 e. The summed E-state index contributed by atoms with van der Waals surface area (Å²) < 4.78 is 1.87. The van der Waals surface area contributed by atoms with Gasteiger partial charge in [-0.1, -0.05) is 72.0 Å². The third-order valence-corrected chi connectivity index (χ3v) is 7.26. The monoisotopic (exact) mass is 480 g/mol. The van der Waals surface area contributed by atoms with Crippen LogP contribution in [0.1, 0.15) is 15.9 Å². The van der Waals surface area contributed by atoms with Crippen LogP contribution >= 0.6 is 11.3 Å². The number of pyridine rings is 1. The van der Waals surface area contributed by atoms with Crippen molar-refractivity contribution in [1.29, 1.82) is 0 Å². The lowest BCUT2D eigenvalue weighted by Gasteiger charge is -2.34. The maximum absolute atomic E-state index is 13.7. The summed E-state index contributed by atoms with van der Waals surface area (Å²) >= 11 is 1.60. The average molecular weight is 481 g/mol. The summed E-state index contributed by atoms with van der Waals surface area (Å²) in [6.07, 6.45) is 3.69. The highest BCUT2D eigenvalue weighted by atomic mass is 32.1. The number of carbonyl (C=O) groups is 1. The van der Waals surface area contributed by atoms with Gasteiger partial charge in [-0.2, -0.15) is 5.10 Å². The average Bonchev–Trinajstić information content (AvgIpc) is 3.54. The van der Waals surface area contributed by atoms with Gasteiger partial charge in [-0.3, -0.25) is 9.48 Å². The Kier molecular flexibility index (Phi) is 5.71. The Morgan fingerprint density at radius 2 is 1.63 bits per heavy atom. The number of fused-ring (bicyclic) bond motifs is 1. The second kappa shape index (κ2) is 9.31. The van der Waals surface area contributed by atoms with Crippen molar-refractivity contribution < 1.29 is 4.79 Å². The number of nitrogens with zero attached hydrogens (tertiary/aromatic N) is 6. The molecule has 3 aromatic heterocycles. The summed E-state index contributed by atoms with van der Waals surface area (Å²) in [6.45, 7) is 3.38. The molecule has 6 rings (SSSR count). The van der Waals surface area contributed by atoms with E-state index in [1.807, 2.05) is 76.4 Å². The summed E-state index contributed by atoms with van der Waals surface area (Å²) in [7, 11) is 0. The molecule has 1 amide bonds. The fourth-order valence-corrected chi connectivity index (χ4v) is 5.36. The van der Waals surface area contributed by atoms with Crippen molar-refractivity contribution in [2.75, 3.05) is 31.1 Å². The Morgan fingerprint density at radius 3 is 2.37 bits per heavy atom. The number of aromatic nitrogens is 4. The molecule has 2 aromatic carbocycles. The number of hydrogen-bond acceptors (Lipinski definition) is 6. The second-order valence-electron chi connectivity index (χ2n) is 8.54. The standard InChI is InChI=1S/C27H24N6OS/c34-26(31-14-16-32(17-15-31)27-29-23-12-7-13-28-25(23)35-27)22-19-33(18-20-8-3-1-4-9-20)30-24(22)21-10-5-2-6-11-21/h1-13,19H,14-18H2. The lowest BCUT2D eigenvalue weighted by Crippen LogP contribution is -2.48. The number of anilines is 1. The van der Waals surface area contributed by atoms with Crippen LogP contribution in [0.25, 0.3) is 21.6 Å². The highest BCUT2D eigenvalue weighted by Crippen LogP contribution is 2.29. The Balaban J connectivity index is 1.23. The summed E-state index contributed by atoms with van der Waals surface area (Å²) in [6, 6.07) is 24.0. The highest BCUT2D eigenvalue weighted by Gasteiger charge is 2.27. The summed E-state index contributed by atoms with van der Waals surface area (Å²) in [5.41, 5.74) is 4.39. The van der Waals surface area contributed by atoms with Crippen LogP contribution in [0.3, 0.4) is 0 Å². The van der Waals surface area contributed by atoms with Gasteiger partial charge < -0.3 is 9.80 Å². The molecule has 0 bridgehead atoms. The Hall–Kier alpha value is -4.04. The van der Waals surface area contributed by atoms with Gasteiger partial charge in [0.2, 0.25) is 0 Å². The minimum atomic E-state index is 0.0220. The molecule has 174 valence electrons. The van der Waals surface area contributed by atoms with E-state index in [-0.39, 0.29) is 5.91 Å². The van der Waals surface area contributed by atoms with Crippen LogP contribution in [-0.4, -0.2) is 56.7 Å². The molecule has 0 unspecified atom stereocenters. The molecule has 4 heterocycles. The van der Waals surface area contributed by atoms with Gasteiger partial charge in [-0.15, -0.1) is 0 Å². The van der Waals surface area contributed by atoms with E-state index in [9.17, 15) is 4.79 Å². The van der Waals surface area contributed by atoms with E-state index in [1.165, 1.54) is 0 Å². The van der Waals surface area contributed by atoms with Crippen LogP contribution < -0.4 is 4.90 Å². The third-order valence-electron chi connectivity index (χ3n) is 6.22. The van der Waals surface area contributed by atoms with Crippen molar-refractivity contribution in [3.05, 3.63) is 96.3 Å². The van der Waals surface area contributed by atoms with Gasteiger partial charge in [0.25, 0.3) is 5.91 Å². The van der Waals surface area contributed by atoms with Crippen molar-refractivity contribution in [3.63, 3.8) is 0 Å². The number of piperazine rings is 1. The fraction of sp³-hybridized carbons (Fsp3) is 0.185. The molecule has 0 saturated carbocycles. The number of rotatable bonds is 5. The van der Waals surface area contributed by atoms with Crippen LogP contribution in [-0.2, 0) is 6.54 Å². The van der Waals surface area contributed by atoms with Crippen LogP contribution in [0.15, 0.2) is 85.2 Å². The van der Waals surface area contributed by atoms with E-state index in [2.05, 4.69) is 22.0 Å². The minimum absolute atomic E-state index is 0.0220. The number of benzene rings is 2. The quantitative estimate of drug-likeness (QED) is 0.369. The Labute approximate surface area is 207 Å². The molecule has 0 atom stereocenters. The summed E-state index contributed by atoms with van der Waals surface area (Å²) in [5.74, 6) is 0.0220. The Bertz CT molecular complexity index is 1420. The molecule has 1 fully saturated rings. The molecule has 1 saturated heterocycles. The highest BCUT2D eigenvalue weighted by molar-refractivity contribution is 7.21. The summed E-state index contributed by atoms with van der Waals surface area (Å²) in [5, 5.41) is 5.79. The van der Waals surface area contributed by atoms with Crippen molar-refractivity contribution >= 4 is 32.7 Å². The van der Waals surface area contributed by atoms with Gasteiger partial charge in [0, 0.05) is 44.1 Å². The van der Waals surface area contributed by atoms with Crippen molar-refractivity contribution in [3.8, 4) is 11.3 Å². The normalized spacial score (nSPS) is 13.9. The molecule has 0 radical (unpaired) electrons. The zero-order valence-electron chi connectivity index (χ0n) is 19.1. The second-order valence-corrected chi connectivity index (χ2v) is 9.50. The number of carbonyl (C=O) groups excluding carboxylic acids is 1. The SMILES string of the molecule is O=C(c1cn(Cc2ccccc2)nc1-c1ccccc1)N1CCN(c2nc3cccnc3s2)CC1. The topological polar surface area (TPSA) is 67.2 Å². The van der Waals surface area contributed by atoms with E-state index < -0.39 is 0 Å². The molecule has 1 aliphatic heterocycles. The van der Waals surface area contributed by atoms with E-state index in [0.717, 1.165) is 45.4 Å². The van der Waals surface area contributed by atoms with Gasteiger partial charge in [-0.05, 0) is 17.7 Å². The van der Waals surface area contributed by atoms with Crippen molar-refractivity contribution in [1.82, 2.24) is 24.6 Å². The van der Waals surface area contributed by atoms with Crippen LogP contribution in [0.5, 0.6) is 0 Å². The summed E-state index contributed by atoms with van der Waals surface area (Å²) in [4.78, 5) is 27.9. The van der Waals surface area contributed by atoms with Crippen molar-refractivity contribution in [2.45, 2.75) is 6.54 Å². The van der Waals surface area contributed by atoms with E-state index >= 15 is 0 Å². The molecule has 35 heavy (non-hydrogen) atoms. The zero-order valence-corrected chi connectivity index (χ0v) is 19.9. The fourth-order valence-electron chi connectivity index (χ4n) is 4.40. The molecule has 0 aliphatic carbocycles. The molecule has 5 aromatic rings. The first-order valence-electron chi connectivity index (χ1n) is 11.7. The lowest BCUT2D eigenvalue weighted by molar-refractivity contribution is 0.0747. The Morgan fingerprint density at radius 1 is 0.886 bits per heavy atom. The number of amides is 1. The first kappa shape index (κ1) is 21.5. The first-order valence-corrected chi connectivity index (χ1v) is 12.5. The van der Waals surface area contributed by atoms with E-state index in [0.29, 0.717) is 25.2 Å². The lowest BCUT2D eigenvalue weighted by atomic mass is 10.1. The van der Waals surface area contributed by atoms with Crippen LogP contribution in [0, 0.1) is 0 Å². The first-order chi connectivity index (χ1) is 17.2. The third kappa shape index (κ3) is 4.40. The molecule has 8 heteroatoms. The van der Waals surface area contributed by atoms with Gasteiger partial charge in [0.15, 0.2) is 5.13 Å². The van der Waals surface area contributed by atoms with Gasteiger partial charge in [0.05, 0.1) is 12.1 Å².